The van der Waals surface area contributed by atoms with Crippen LogP contribution < -0.4 is 10.5 Å². The van der Waals surface area contributed by atoms with E-state index < -0.39 is 4.92 Å². The molecule has 0 aliphatic carbocycles. The molecule has 1 rings (SSSR count). The molecular weight excluding hydrogens is 212 g/mol. The molecule has 0 atom stereocenters. The van der Waals surface area contributed by atoms with Crippen molar-refractivity contribution in [2.75, 3.05) is 26.1 Å². The van der Waals surface area contributed by atoms with Gasteiger partial charge in [-0.25, -0.2) is 0 Å². The molecule has 0 bridgehead atoms. The van der Waals surface area contributed by atoms with Crippen LogP contribution in [0, 0.1) is 10.1 Å². The molecule has 88 valence electrons. The van der Waals surface area contributed by atoms with Gasteiger partial charge in [0.2, 0.25) is 0 Å². The highest BCUT2D eigenvalue weighted by atomic mass is 16.6. The van der Waals surface area contributed by atoms with Gasteiger partial charge in [0.15, 0.2) is 0 Å². The molecule has 0 aromatic heterocycles. The largest absolute Gasteiger partial charge is 0.491 e. The standard InChI is InChI=1S/C10H14N2O4/c1-15-5-2-6-16-10-4-3-8(12(13)14)7-9(10)11/h3-4,7H,2,5-6,11H2,1H3. The number of nitrogen functional groups attached to an aromatic ring is 1. The number of benzene rings is 1. The van der Waals surface area contributed by atoms with Crippen LogP contribution in [-0.2, 0) is 4.74 Å². The second kappa shape index (κ2) is 5.92. The molecule has 0 fully saturated rings. The molecule has 0 radical (unpaired) electrons. The lowest BCUT2D eigenvalue weighted by molar-refractivity contribution is -0.384. The number of nitrogens with zero attached hydrogens (tertiary/aromatic N) is 1. The highest BCUT2D eigenvalue weighted by molar-refractivity contribution is 5.58. The summed E-state index contributed by atoms with van der Waals surface area (Å²) in [7, 11) is 1.61. The Morgan fingerprint density at radius 3 is 2.75 bits per heavy atom. The molecule has 1 aromatic carbocycles. The Labute approximate surface area is 93.1 Å². The summed E-state index contributed by atoms with van der Waals surface area (Å²) in [6.07, 6.45) is 0.743. The molecule has 6 nitrogen and oxygen atoms in total. The Hall–Kier alpha value is -1.82. The molecule has 2 N–H and O–H groups in total. The van der Waals surface area contributed by atoms with Gasteiger partial charge >= 0.3 is 0 Å². The SMILES string of the molecule is COCCCOc1ccc([N+](=O)[O-])cc1N. The van der Waals surface area contributed by atoms with E-state index in [1.54, 1.807) is 7.11 Å². The van der Waals surface area contributed by atoms with Crippen molar-refractivity contribution in [3.05, 3.63) is 28.3 Å². The van der Waals surface area contributed by atoms with Gasteiger partial charge in [-0.2, -0.15) is 0 Å². The number of anilines is 1. The maximum Gasteiger partial charge on any atom is 0.271 e. The van der Waals surface area contributed by atoms with Gasteiger partial charge in [-0.05, 0) is 6.07 Å². The van der Waals surface area contributed by atoms with Crippen LogP contribution in [0.3, 0.4) is 0 Å². The summed E-state index contributed by atoms with van der Waals surface area (Å²) in [5, 5.41) is 10.5. The van der Waals surface area contributed by atoms with E-state index in [1.807, 2.05) is 0 Å². The zero-order valence-electron chi connectivity index (χ0n) is 9.01. The Kier molecular flexibility index (Phi) is 4.53. The molecule has 1 aromatic rings. The van der Waals surface area contributed by atoms with Crippen LogP contribution in [-0.4, -0.2) is 25.2 Å². The van der Waals surface area contributed by atoms with Crippen LogP contribution >= 0.6 is 0 Å². The van der Waals surface area contributed by atoms with Crippen molar-refractivity contribution in [3.63, 3.8) is 0 Å². The summed E-state index contributed by atoms with van der Waals surface area (Å²) >= 11 is 0. The van der Waals surface area contributed by atoms with E-state index in [2.05, 4.69) is 0 Å². The van der Waals surface area contributed by atoms with Crippen LogP contribution in [0.4, 0.5) is 11.4 Å². The number of hydrogen-bond acceptors (Lipinski definition) is 5. The zero-order valence-corrected chi connectivity index (χ0v) is 9.01. The molecule has 16 heavy (non-hydrogen) atoms. The average Bonchev–Trinajstić information content (AvgIpc) is 2.26. The number of nitrogens with two attached hydrogens (primary N) is 1. The Balaban J connectivity index is 2.57. The molecule has 0 saturated heterocycles. The van der Waals surface area contributed by atoms with Gasteiger partial charge in [-0.15, -0.1) is 0 Å². The van der Waals surface area contributed by atoms with Gasteiger partial charge in [-0.3, -0.25) is 10.1 Å². The Morgan fingerprint density at radius 1 is 1.44 bits per heavy atom. The minimum atomic E-state index is -0.495. The lowest BCUT2D eigenvalue weighted by Crippen LogP contribution is -2.03. The molecule has 0 amide bonds. The third-order valence-electron chi connectivity index (χ3n) is 1.95. The smallest absolute Gasteiger partial charge is 0.271 e. The number of rotatable bonds is 6. The Morgan fingerprint density at radius 2 is 2.19 bits per heavy atom. The van der Waals surface area contributed by atoms with Crippen molar-refractivity contribution >= 4 is 11.4 Å². The van der Waals surface area contributed by atoms with E-state index in [1.165, 1.54) is 18.2 Å². The van der Waals surface area contributed by atoms with E-state index in [0.717, 1.165) is 6.42 Å². The fraction of sp³-hybridized carbons (Fsp3) is 0.400. The van der Waals surface area contributed by atoms with E-state index in [4.69, 9.17) is 15.2 Å². The summed E-state index contributed by atoms with van der Waals surface area (Å²) in [5.41, 5.74) is 5.84. The molecule has 0 unspecified atom stereocenters. The fourth-order valence-electron chi connectivity index (χ4n) is 1.17. The number of methoxy groups -OCH3 is 1. The van der Waals surface area contributed by atoms with Gasteiger partial charge in [0, 0.05) is 32.3 Å². The molecular formula is C10H14N2O4. The number of hydrogen-bond donors (Lipinski definition) is 1. The van der Waals surface area contributed by atoms with Gasteiger partial charge in [0.1, 0.15) is 5.75 Å². The first-order valence-corrected chi connectivity index (χ1v) is 4.81. The van der Waals surface area contributed by atoms with E-state index >= 15 is 0 Å². The first-order valence-electron chi connectivity index (χ1n) is 4.81. The maximum absolute atomic E-state index is 10.5. The molecule has 0 saturated carbocycles. The topological polar surface area (TPSA) is 87.6 Å². The number of nitro groups is 1. The Bertz CT molecular complexity index is 368. The van der Waals surface area contributed by atoms with Crippen molar-refractivity contribution < 1.29 is 14.4 Å². The first kappa shape index (κ1) is 12.3. The van der Waals surface area contributed by atoms with E-state index in [0.29, 0.717) is 19.0 Å². The minimum absolute atomic E-state index is 0.0401. The average molecular weight is 226 g/mol. The zero-order chi connectivity index (χ0) is 12.0. The normalized spacial score (nSPS) is 10.1. The first-order chi connectivity index (χ1) is 7.65. The predicted molar refractivity (Wildman–Crippen MR) is 59.5 cm³/mol. The second-order valence-corrected chi connectivity index (χ2v) is 3.17. The van der Waals surface area contributed by atoms with Crippen LogP contribution in [0.25, 0.3) is 0 Å². The van der Waals surface area contributed by atoms with E-state index in [9.17, 15) is 10.1 Å². The molecule has 0 spiro atoms. The van der Waals surface area contributed by atoms with Crippen molar-refractivity contribution in [3.8, 4) is 5.75 Å². The third kappa shape index (κ3) is 3.39. The van der Waals surface area contributed by atoms with Crippen LogP contribution in [0.15, 0.2) is 18.2 Å². The highest BCUT2D eigenvalue weighted by Gasteiger charge is 2.08. The molecule has 0 heterocycles. The monoisotopic (exact) mass is 226 g/mol. The van der Waals surface area contributed by atoms with E-state index in [-0.39, 0.29) is 11.4 Å². The highest BCUT2D eigenvalue weighted by Crippen LogP contribution is 2.26. The summed E-state index contributed by atoms with van der Waals surface area (Å²) in [5.74, 6) is 0.460. The van der Waals surface area contributed by atoms with Crippen molar-refractivity contribution in [2.45, 2.75) is 6.42 Å². The van der Waals surface area contributed by atoms with Gasteiger partial charge < -0.3 is 15.2 Å². The number of non-ortho nitro benzene ring substituents is 1. The number of nitro benzene ring substituents is 1. The summed E-state index contributed by atoms with van der Waals surface area (Å²) in [6.45, 7) is 1.07. The molecule has 6 heteroatoms. The summed E-state index contributed by atoms with van der Waals surface area (Å²) in [6, 6.07) is 4.15. The van der Waals surface area contributed by atoms with Gasteiger partial charge in [0.25, 0.3) is 5.69 Å². The minimum Gasteiger partial charge on any atom is -0.491 e. The van der Waals surface area contributed by atoms with Crippen LogP contribution in [0.5, 0.6) is 5.75 Å². The fourth-order valence-corrected chi connectivity index (χ4v) is 1.17. The second-order valence-electron chi connectivity index (χ2n) is 3.17. The van der Waals surface area contributed by atoms with Crippen LogP contribution in [0.2, 0.25) is 0 Å². The van der Waals surface area contributed by atoms with Crippen molar-refractivity contribution in [1.82, 2.24) is 0 Å². The lowest BCUT2D eigenvalue weighted by atomic mass is 10.2. The summed E-state index contributed by atoms with van der Waals surface area (Å²) in [4.78, 5) is 9.96. The van der Waals surface area contributed by atoms with Gasteiger partial charge in [-0.1, -0.05) is 0 Å². The van der Waals surface area contributed by atoms with Crippen molar-refractivity contribution in [1.29, 1.82) is 0 Å². The van der Waals surface area contributed by atoms with Crippen molar-refractivity contribution in [2.24, 2.45) is 0 Å². The van der Waals surface area contributed by atoms with Crippen LogP contribution in [0.1, 0.15) is 6.42 Å². The maximum atomic E-state index is 10.5. The quantitative estimate of drug-likeness (QED) is 0.344. The van der Waals surface area contributed by atoms with Gasteiger partial charge in [0.05, 0.1) is 17.2 Å². The lowest BCUT2D eigenvalue weighted by Gasteiger charge is -2.07. The molecule has 0 aliphatic heterocycles. The number of ether oxygens (including phenoxy) is 2. The third-order valence-corrected chi connectivity index (χ3v) is 1.95. The summed E-state index contributed by atoms with van der Waals surface area (Å²) < 4.78 is 10.2. The molecule has 0 aliphatic rings. The predicted octanol–water partition coefficient (Wildman–Crippen LogP) is 1.59.